The molecule has 2 rings (SSSR count). The highest BCUT2D eigenvalue weighted by Gasteiger charge is 2.08. The van der Waals surface area contributed by atoms with Crippen LogP contribution in [-0.2, 0) is 11.2 Å². The van der Waals surface area contributed by atoms with Gasteiger partial charge in [-0.3, -0.25) is 0 Å². The zero-order chi connectivity index (χ0) is 12.8. The van der Waals surface area contributed by atoms with Crippen LogP contribution in [0.4, 0.5) is 0 Å². The Labute approximate surface area is 105 Å². The molecule has 0 unspecified atom stereocenters. The number of para-hydroxylation sites is 1. The van der Waals surface area contributed by atoms with E-state index >= 15 is 0 Å². The lowest BCUT2D eigenvalue weighted by Gasteiger charge is -2.03. The van der Waals surface area contributed by atoms with Crippen molar-refractivity contribution in [3.05, 3.63) is 48.0 Å². The number of imidazole rings is 1. The highest BCUT2D eigenvalue weighted by molar-refractivity contribution is 5.86. The van der Waals surface area contributed by atoms with Gasteiger partial charge in [0.1, 0.15) is 17.3 Å². The van der Waals surface area contributed by atoms with Crippen LogP contribution in [0.15, 0.2) is 36.5 Å². The number of nitrogens with zero attached hydrogens (tertiary/aromatic N) is 1. The Morgan fingerprint density at radius 3 is 2.83 bits per heavy atom. The maximum Gasteiger partial charge on any atom is 0.356 e. The van der Waals surface area contributed by atoms with Crippen LogP contribution in [-0.4, -0.2) is 29.7 Å². The van der Waals surface area contributed by atoms with Crippen molar-refractivity contribution in [3.63, 3.8) is 0 Å². The number of H-pyrrole nitrogens is 1. The van der Waals surface area contributed by atoms with Crippen LogP contribution in [0.1, 0.15) is 16.3 Å². The van der Waals surface area contributed by atoms with E-state index in [1.165, 1.54) is 13.3 Å². The van der Waals surface area contributed by atoms with E-state index in [0.29, 0.717) is 24.5 Å². The molecule has 0 fully saturated rings. The van der Waals surface area contributed by atoms with Gasteiger partial charge >= 0.3 is 5.97 Å². The number of carbonyl (C=O) groups excluding carboxylic acids is 1. The Hall–Kier alpha value is -2.30. The fourth-order valence-electron chi connectivity index (χ4n) is 1.49. The number of hydrogen-bond donors (Lipinski definition) is 1. The number of nitrogens with one attached hydrogen (secondary N) is 1. The Morgan fingerprint density at radius 1 is 1.33 bits per heavy atom. The summed E-state index contributed by atoms with van der Waals surface area (Å²) in [5, 5.41) is 0. The Balaban J connectivity index is 1.84. The van der Waals surface area contributed by atoms with Crippen LogP contribution in [0.25, 0.3) is 0 Å². The first kappa shape index (κ1) is 12.2. The highest BCUT2D eigenvalue weighted by atomic mass is 16.5. The van der Waals surface area contributed by atoms with Gasteiger partial charge in [0.25, 0.3) is 0 Å². The molecular formula is C13H14N2O3. The maximum absolute atomic E-state index is 11.2. The summed E-state index contributed by atoms with van der Waals surface area (Å²) in [5.41, 5.74) is 0.354. The van der Waals surface area contributed by atoms with Crippen molar-refractivity contribution in [2.24, 2.45) is 0 Å². The fourth-order valence-corrected chi connectivity index (χ4v) is 1.49. The number of aromatic amines is 1. The molecule has 1 heterocycles. The second-order valence-corrected chi connectivity index (χ2v) is 3.65. The average Bonchev–Trinajstić information content (AvgIpc) is 2.88. The molecule has 1 aromatic carbocycles. The molecule has 2 aromatic rings. The molecule has 0 aliphatic heterocycles. The zero-order valence-electron chi connectivity index (χ0n) is 10.1. The number of aromatic nitrogens is 2. The van der Waals surface area contributed by atoms with Crippen molar-refractivity contribution in [1.82, 2.24) is 9.97 Å². The van der Waals surface area contributed by atoms with Crippen molar-refractivity contribution in [2.75, 3.05) is 13.7 Å². The lowest BCUT2D eigenvalue weighted by Crippen LogP contribution is -2.04. The summed E-state index contributed by atoms with van der Waals surface area (Å²) in [6.07, 6.45) is 2.07. The van der Waals surface area contributed by atoms with Gasteiger partial charge in [0, 0.05) is 6.42 Å². The molecule has 0 saturated heterocycles. The van der Waals surface area contributed by atoms with Crippen LogP contribution in [0.3, 0.4) is 0 Å². The van der Waals surface area contributed by atoms with Crippen LogP contribution in [0.2, 0.25) is 0 Å². The van der Waals surface area contributed by atoms with Crippen molar-refractivity contribution in [2.45, 2.75) is 6.42 Å². The van der Waals surface area contributed by atoms with Gasteiger partial charge in [-0.05, 0) is 12.1 Å². The minimum absolute atomic E-state index is 0.354. The van der Waals surface area contributed by atoms with Crippen LogP contribution in [0, 0.1) is 0 Å². The summed E-state index contributed by atoms with van der Waals surface area (Å²) < 4.78 is 10.1. The number of hydrogen-bond acceptors (Lipinski definition) is 4. The molecular weight excluding hydrogens is 232 g/mol. The molecule has 0 spiro atoms. The second kappa shape index (κ2) is 5.86. The first-order valence-corrected chi connectivity index (χ1v) is 5.59. The van der Waals surface area contributed by atoms with E-state index in [9.17, 15) is 4.79 Å². The second-order valence-electron chi connectivity index (χ2n) is 3.65. The van der Waals surface area contributed by atoms with E-state index in [4.69, 9.17) is 4.74 Å². The molecule has 94 valence electrons. The van der Waals surface area contributed by atoms with E-state index in [1.54, 1.807) is 0 Å². The lowest BCUT2D eigenvalue weighted by molar-refractivity contribution is 0.0594. The summed E-state index contributed by atoms with van der Waals surface area (Å²) in [6.45, 7) is 0.498. The smallest absolute Gasteiger partial charge is 0.356 e. The zero-order valence-corrected chi connectivity index (χ0v) is 10.1. The first-order chi connectivity index (χ1) is 8.79. The number of ether oxygens (including phenoxy) is 2. The van der Waals surface area contributed by atoms with Gasteiger partial charge in [-0.2, -0.15) is 0 Å². The average molecular weight is 246 g/mol. The van der Waals surface area contributed by atoms with E-state index in [-0.39, 0.29) is 0 Å². The van der Waals surface area contributed by atoms with Gasteiger partial charge in [0.05, 0.1) is 19.9 Å². The SMILES string of the molecule is COC(=O)c1cnc(CCOc2ccccc2)[nH]1. The Morgan fingerprint density at radius 2 is 2.11 bits per heavy atom. The molecule has 18 heavy (non-hydrogen) atoms. The molecule has 1 N–H and O–H groups in total. The predicted molar refractivity (Wildman–Crippen MR) is 65.6 cm³/mol. The summed E-state index contributed by atoms with van der Waals surface area (Å²) in [5.74, 6) is 1.10. The van der Waals surface area contributed by atoms with Crippen molar-refractivity contribution >= 4 is 5.97 Å². The van der Waals surface area contributed by atoms with E-state index in [1.807, 2.05) is 30.3 Å². The van der Waals surface area contributed by atoms with Crippen LogP contribution < -0.4 is 4.74 Å². The third-order valence-corrected chi connectivity index (χ3v) is 2.38. The fraction of sp³-hybridized carbons (Fsp3) is 0.231. The topological polar surface area (TPSA) is 64.2 Å². The molecule has 5 nitrogen and oxygen atoms in total. The Kier molecular flexibility index (Phi) is 3.96. The predicted octanol–water partition coefficient (Wildman–Crippen LogP) is 1.82. The van der Waals surface area contributed by atoms with Crippen molar-refractivity contribution in [1.29, 1.82) is 0 Å². The third kappa shape index (κ3) is 3.10. The summed E-state index contributed by atoms with van der Waals surface area (Å²) in [6, 6.07) is 9.54. The molecule has 5 heteroatoms. The van der Waals surface area contributed by atoms with Gasteiger partial charge in [0.15, 0.2) is 0 Å². The molecule has 0 amide bonds. The maximum atomic E-state index is 11.2. The summed E-state index contributed by atoms with van der Waals surface area (Å²) in [7, 11) is 1.33. The molecule has 0 saturated carbocycles. The molecule has 0 radical (unpaired) electrons. The quantitative estimate of drug-likeness (QED) is 0.817. The van der Waals surface area contributed by atoms with E-state index in [2.05, 4.69) is 14.7 Å². The number of esters is 1. The number of benzene rings is 1. The van der Waals surface area contributed by atoms with E-state index < -0.39 is 5.97 Å². The third-order valence-electron chi connectivity index (χ3n) is 2.38. The first-order valence-electron chi connectivity index (χ1n) is 5.59. The van der Waals surface area contributed by atoms with E-state index in [0.717, 1.165) is 5.75 Å². The van der Waals surface area contributed by atoms with Crippen LogP contribution in [0.5, 0.6) is 5.75 Å². The molecule has 0 aliphatic carbocycles. The number of rotatable bonds is 5. The number of methoxy groups -OCH3 is 1. The molecule has 1 aromatic heterocycles. The minimum Gasteiger partial charge on any atom is -0.493 e. The number of carbonyl (C=O) groups is 1. The largest absolute Gasteiger partial charge is 0.493 e. The lowest BCUT2D eigenvalue weighted by atomic mass is 10.3. The van der Waals surface area contributed by atoms with Crippen LogP contribution >= 0.6 is 0 Å². The summed E-state index contributed by atoms with van der Waals surface area (Å²) >= 11 is 0. The monoisotopic (exact) mass is 246 g/mol. The van der Waals surface area contributed by atoms with Gasteiger partial charge in [0.2, 0.25) is 0 Å². The van der Waals surface area contributed by atoms with Crippen molar-refractivity contribution < 1.29 is 14.3 Å². The Bertz CT molecular complexity index is 508. The van der Waals surface area contributed by atoms with Gasteiger partial charge < -0.3 is 14.5 Å². The van der Waals surface area contributed by atoms with Gasteiger partial charge in [-0.25, -0.2) is 9.78 Å². The molecule has 0 bridgehead atoms. The summed E-state index contributed by atoms with van der Waals surface area (Å²) in [4.78, 5) is 18.2. The molecule has 0 atom stereocenters. The van der Waals surface area contributed by atoms with Gasteiger partial charge in [-0.1, -0.05) is 18.2 Å². The van der Waals surface area contributed by atoms with Crippen molar-refractivity contribution in [3.8, 4) is 5.75 Å². The molecule has 0 aliphatic rings. The normalized spacial score (nSPS) is 10.1. The van der Waals surface area contributed by atoms with Gasteiger partial charge in [-0.15, -0.1) is 0 Å². The minimum atomic E-state index is -0.419. The standard InChI is InChI=1S/C13H14N2O3/c1-17-13(16)11-9-14-12(15-11)7-8-18-10-5-3-2-4-6-10/h2-6,9H,7-8H2,1H3,(H,14,15). The highest BCUT2D eigenvalue weighted by Crippen LogP contribution is 2.08.